The van der Waals surface area contributed by atoms with Crippen LogP contribution in [-0.2, 0) is 17.5 Å². The van der Waals surface area contributed by atoms with Crippen molar-refractivity contribution in [3.8, 4) is 0 Å². The zero-order chi connectivity index (χ0) is 19.8. The maximum atomic E-state index is 13.0. The summed E-state index contributed by atoms with van der Waals surface area (Å²) in [6, 6.07) is 9.76. The summed E-state index contributed by atoms with van der Waals surface area (Å²) < 4.78 is 45.7. The van der Waals surface area contributed by atoms with Crippen molar-refractivity contribution < 1.29 is 22.7 Å². The van der Waals surface area contributed by atoms with Crippen LogP contribution in [0.4, 0.5) is 13.2 Å². The first kappa shape index (κ1) is 19.6. The molecule has 0 aliphatic rings. The minimum absolute atomic E-state index is 0.154. The second-order valence-corrected chi connectivity index (χ2v) is 6.67. The third-order valence-corrected chi connectivity index (χ3v) is 4.78. The Morgan fingerprint density at radius 2 is 1.81 bits per heavy atom. The number of aromatic nitrogens is 1. The summed E-state index contributed by atoms with van der Waals surface area (Å²) in [5, 5.41) is 1.04. The van der Waals surface area contributed by atoms with E-state index < -0.39 is 17.7 Å². The van der Waals surface area contributed by atoms with Crippen LogP contribution in [0.1, 0.15) is 28.5 Å². The minimum Gasteiger partial charge on any atom is -0.461 e. The fraction of sp³-hybridized carbons (Fsp3) is 0.211. The molecule has 0 saturated carbocycles. The predicted molar refractivity (Wildman–Crippen MR) is 98.5 cm³/mol. The third kappa shape index (κ3) is 4.06. The summed E-state index contributed by atoms with van der Waals surface area (Å²) in [6.07, 6.45) is -4.47. The Kier molecular flexibility index (Phi) is 5.40. The van der Waals surface area contributed by atoms with Gasteiger partial charge in [-0.15, -0.1) is 0 Å². The molecule has 3 nitrogen and oxygen atoms in total. The number of esters is 1. The lowest BCUT2D eigenvalue weighted by molar-refractivity contribution is -0.137. The van der Waals surface area contributed by atoms with Crippen LogP contribution in [0.3, 0.4) is 0 Å². The van der Waals surface area contributed by atoms with Gasteiger partial charge in [-0.05, 0) is 48.9 Å². The van der Waals surface area contributed by atoms with Gasteiger partial charge in [-0.1, -0.05) is 29.3 Å². The van der Waals surface area contributed by atoms with E-state index in [9.17, 15) is 18.0 Å². The zero-order valence-corrected chi connectivity index (χ0v) is 15.6. The summed E-state index contributed by atoms with van der Waals surface area (Å²) >= 11 is 12.0. The quantitative estimate of drug-likeness (QED) is 0.475. The molecular formula is C19H14Cl2F3NO2. The van der Waals surface area contributed by atoms with Crippen molar-refractivity contribution in [1.82, 2.24) is 4.57 Å². The highest BCUT2D eigenvalue weighted by molar-refractivity contribution is 6.42. The number of carbonyl (C=O) groups excluding carboxylic acids is 1. The maximum Gasteiger partial charge on any atom is 0.416 e. The smallest absolute Gasteiger partial charge is 0.416 e. The molecule has 8 heteroatoms. The second kappa shape index (κ2) is 7.44. The number of ether oxygens (including phenoxy) is 1. The van der Waals surface area contributed by atoms with Gasteiger partial charge in [0.25, 0.3) is 0 Å². The van der Waals surface area contributed by atoms with Crippen molar-refractivity contribution >= 4 is 40.1 Å². The van der Waals surface area contributed by atoms with Crippen LogP contribution in [0.5, 0.6) is 0 Å². The Hall–Kier alpha value is -2.18. The Bertz CT molecular complexity index is 1010. The van der Waals surface area contributed by atoms with Crippen molar-refractivity contribution in [2.24, 2.45) is 0 Å². The van der Waals surface area contributed by atoms with Gasteiger partial charge in [-0.2, -0.15) is 13.2 Å². The normalized spacial score (nSPS) is 11.8. The Morgan fingerprint density at radius 1 is 1.07 bits per heavy atom. The molecule has 3 aromatic rings. The average Bonchev–Trinajstić information content (AvgIpc) is 2.95. The van der Waals surface area contributed by atoms with E-state index in [0.29, 0.717) is 20.9 Å². The number of benzene rings is 2. The molecule has 0 fully saturated rings. The lowest BCUT2D eigenvalue weighted by Crippen LogP contribution is -2.13. The van der Waals surface area contributed by atoms with Crippen LogP contribution in [0.15, 0.2) is 42.5 Å². The fourth-order valence-corrected chi connectivity index (χ4v) is 3.13. The van der Waals surface area contributed by atoms with Crippen LogP contribution in [0.25, 0.3) is 10.9 Å². The predicted octanol–water partition coefficient (Wildman–Crippen LogP) is 6.19. The number of carbonyl (C=O) groups is 1. The molecule has 142 valence electrons. The van der Waals surface area contributed by atoms with E-state index in [-0.39, 0.29) is 18.8 Å². The van der Waals surface area contributed by atoms with Crippen molar-refractivity contribution in [2.75, 3.05) is 6.61 Å². The van der Waals surface area contributed by atoms with E-state index in [4.69, 9.17) is 27.9 Å². The van der Waals surface area contributed by atoms with Crippen LogP contribution in [-0.4, -0.2) is 17.1 Å². The van der Waals surface area contributed by atoms with Gasteiger partial charge in [0, 0.05) is 17.4 Å². The summed E-state index contributed by atoms with van der Waals surface area (Å²) in [4.78, 5) is 12.3. The van der Waals surface area contributed by atoms with Crippen molar-refractivity contribution in [3.05, 3.63) is 69.3 Å². The highest BCUT2D eigenvalue weighted by atomic mass is 35.5. The molecule has 0 spiro atoms. The molecule has 0 N–H and O–H groups in total. The standard InChI is InChI=1S/C19H14Cl2F3NO2/c1-2-27-18(26)17-9-12-8-13(19(22,23)24)4-6-16(12)25(17)10-11-3-5-14(20)15(21)7-11/h3-9H,2,10H2,1H3. The molecule has 0 radical (unpaired) electrons. The summed E-state index contributed by atoms with van der Waals surface area (Å²) in [5.74, 6) is -0.609. The lowest BCUT2D eigenvalue weighted by Gasteiger charge is -2.12. The first-order chi connectivity index (χ1) is 12.7. The first-order valence-electron chi connectivity index (χ1n) is 8.02. The van der Waals surface area contributed by atoms with Gasteiger partial charge in [0.1, 0.15) is 5.69 Å². The van der Waals surface area contributed by atoms with E-state index >= 15 is 0 Å². The van der Waals surface area contributed by atoms with E-state index in [1.165, 1.54) is 12.1 Å². The lowest BCUT2D eigenvalue weighted by atomic mass is 10.1. The van der Waals surface area contributed by atoms with Crippen LogP contribution >= 0.6 is 23.2 Å². The van der Waals surface area contributed by atoms with Crippen molar-refractivity contribution in [2.45, 2.75) is 19.6 Å². The first-order valence-corrected chi connectivity index (χ1v) is 8.78. The number of rotatable bonds is 4. The summed E-state index contributed by atoms with van der Waals surface area (Å²) in [5.41, 5.74) is 0.610. The topological polar surface area (TPSA) is 31.2 Å². The summed E-state index contributed by atoms with van der Waals surface area (Å²) in [6.45, 7) is 2.03. The number of alkyl halides is 3. The SMILES string of the molecule is CCOC(=O)c1cc2cc(C(F)(F)F)ccc2n1Cc1ccc(Cl)c(Cl)c1. The largest absolute Gasteiger partial charge is 0.461 e. The number of nitrogens with zero attached hydrogens (tertiary/aromatic N) is 1. The van der Waals surface area contributed by atoms with E-state index in [1.807, 2.05) is 0 Å². The molecular weight excluding hydrogens is 402 g/mol. The van der Waals surface area contributed by atoms with Gasteiger partial charge in [-0.25, -0.2) is 4.79 Å². The Labute approximate surface area is 163 Å². The molecule has 0 atom stereocenters. The molecule has 0 aliphatic heterocycles. The monoisotopic (exact) mass is 415 g/mol. The van der Waals surface area contributed by atoms with Crippen molar-refractivity contribution in [1.29, 1.82) is 0 Å². The summed E-state index contributed by atoms with van der Waals surface area (Å²) in [7, 11) is 0. The zero-order valence-electron chi connectivity index (χ0n) is 14.1. The average molecular weight is 416 g/mol. The maximum absolute atomic E-state index is 13.0. The molecule has 0 unspecified atom stereocenters. The molecule has 0 aliphatic carbocycles. The molecule has 0 bridgehead atoms. The molecule has 0 amide bonds. The highest BCUT2D eigenvalue weighted by Crippen LogP contribution is 2.33. The molecule has 0 saturated heterocycles. The van der Waals surface area contributed by atoms with Crippen LogP contribution in [0, 0.1) is 0 Å². The number of hydrogen-bond donors (Lipinski definition) is 0. The minimum atomic E-state index is -4.47. The third-order valence-electron chi connectivity index (χ3n) is 4.04. The van der Waals surface area contributed by atoms with Gasteiger partial charge in [0.05, 0.1) is 22.2 Å². The Balaban J connectivity index is 2.13. The molecule has 1 heterocycles. The number of hydrogen-bond acceptors (Lipinski definition) is 2. The van der Waals surface area contributed by atoms with Crippen LogP contribution in [0.2, 0.25) is 10.0 Å². The molecule has 1 aromatic heterocycles. The van der Waals surface area contributed by atoms with E-state index in [1.54, 1.807) is 29.7 Å². The van der Waals surface area contributed by atoms with Crippen molar-refractivity contribution in [3.63, 3.8) is 0 Å². The van der Waals surface area contributed by atoms with Gasteiger partial charge >= 0.3 is 12.1 Å². The molecule has 27 heavy (non-hydrogen) atoms. The van der Waals surface area contributed by atoms with E-state index in [0.717, 1.165) is 17.7 Å². The number of fused-ring (bicyclic) bond motifs is 1. The van der Waals surface area contributed by atoms with Crippen LogP contribution < -0.4 is 0 Å². The number of halogens is 5. The van der Waals surface area contributed by atoms with E-state index in [2.05, 4.69) is 0 Å². The second-order valence-electron chi connectivity index (χ2n) is 5.86. The van der Waals surface area contributed by atoms with Gasteiger partial charge < -0.3 is 9.30 Å². The van der Waals surface area contributed by atoms with Gasteiger partial charge in [0.15, 0.2) is 0 Å². The fourth-order valence-electron chi connectivity index (χ4n) is 2.81. The molecule has 2 aromatic carbocycles. The molecule has 3 rings (SSSR count). The highest BCUT2D eigenvalue weighted by Gasteiger charge is 2.31. The van der Waals surface area contributed by atoms with Gasteiger partial charge in [0.2, 0.25) is 0 Å². The Morgan fingerprint density at radius 3 is 2.44 bits per heavy atom. The van der Waals surface area contributed by atoms with Gasteiger partial charge in [-0.3, -0.25) is 0 Å².